The molecular formula is C20H22N4O3. The fourth-order valence-electron chi connectivity index (χ4n) is 3.21. The van der Waals surface area contributed by atoms with Gasteiger partial charge in [0.25, 0.3) is 5.91 Å². The van der Waals surface area contributed by atoms with Crippen LogP contribution in [0.1, 0.15) is 21.5 Å². The van der Waals surface area contributed by atoms with Crippen molar-refractivity contribution in [3.8, 4) is 0 Å². The van der Waals surface area contributed by atoms with E-state index in [4.69, 9.17) is 5.73 Å². The van der Waals surface area contributed by atoms with Gasteiger partial charge in [-0.3, -0.25) is 9.59 Å². The van der Waals surface area contributed by atoms with E-state index in [9.17, 15) is 14.4 Å². The zero-order chi connectivity index (χ0) is 19.6. The molecule has 7 nitrogen and oxygen atoms in total. The second kappa shape index (κ2) is 7.49. The molecule has 0 aromatic heterocycles. The number of carbonyl (C=O) groups excluding carboxylic acids is 3. The van der Waals surface area contributed by atoms with Gasteiger partial charge in [0, 0.05) is 31.8 Å². The molecule has 1 aliphatic heterocycles. The largest absolute Gasteiger partial charge is 0.352 e. The predicted molar refractivity (Wildman–Crippen MR) is 102 cm³/mol. The summed E-state index contributed by atoms with van der Waals surface area (Å²) in [5.41, 5.74) is 8.23. The minimum Gasteiger partial charge on any atom is -0.352 e. The molecular weight excluding hydrogens is 344 g/mol. The highest BCUT2D eigenvalue weighted by atomic mass is 16.2. The van der Waals surface area contributed by atoms with Crippen LogP contribution in [0.15, 0.2) is 48.5 Å². The number of benzene rings is 2. The van der Waals surface area contributed by atoms with Crippen molar-refractivity contribution in [2.24, 2.45) is 5.73 Å². The molecule has 3 N–H and O–H groups in total. The highest BCUT2D eigenvalue weighted by Gasteiger charge is 2.34. The van der Waals surface area contributed by atoms with Crippen LogP contribution >= 0.6 is 0 Å². The minimum atomic E-state index is -0.740. The van der Waals surface area contributed by atoms with Crippen molar-refractivity contribution in [3.63, 3.8) is 0 Å². The van der Waals surface area contributed by atoms with Gasteiger partial charge in [0.15, 0.2) is 0 Å². The molecule has 27 heavy (non-hydrogen) atoms. The smallest absolute Gasteiger partial charge is 0.312 e. The number of anilines is 1. The molecule has 0 fully saturated rings. The van der Waals surface area contributed by atoms with Gasteiger partial charge < -0.3 is 20.9 Å². The molecule has 4 amide bonds. The molecule has 2 aromatic carbocycles. The number of amides is 4. The number of nitrogens with zero attached hydrogens (tertiary/aromatic N) is 2. The Kier molecular flexibility index (Phi) is 5.12. The first-order chi connectivity index (χ1) is 12.9. The van der Waals surface area contributed by atoms with Gasteiger partial charge in [-0.2, -0.15) is 0 Å². The van der Waals surface area contributed by atoms with E-state index in [-0.39, 0.29) is 11.8 Å². The average Bonchev–Trinajstić information content (AvgIpc) is 2.64. The summed E-state index contributed by atoms with van der Waals surface area (Å²) in [6, 6.07) is 13.4. The molecule has 1 heterocycles. The van der Waals surface area contributed by atoms with Crippen LogP contribution < -0.4 is 16.0 Å². The van der Waals surface area contributed by atoms with Gasteiger partial charge >= 0.3 is 6.03 Å². The summed E-state index contributed by atoms with van der Waals surface area (Å²) >= 11 is 0. The summed E-state index contributed by atoms with van der Waals surface area (Å²) in [6.07, 6.45) is 0.332. The first kappa shape index (κ1) is 18.4. The van der Waals surface area contributed by atoms with Gasteiger partial charge in [0.2, 0.25) is 5.91 Å². The lowest BCUT2D eigenvalue weighted by Crippen LogP contribution is -2.53. The van der Waals surface area contributed by atoms with Crippen molar-refractivity contribution < 1.29 is 14.4 Å². The fraction of sp³-hybridized carbons (Fsp3) is 0.250. The number of primary amides is 1. The van der Waals surface area contributed by atoms with E-state index in [2.05, 4.69) is 5.32 Å². The Hall–Kier alpha value is -3.35. The van der Waals surface area contributed by atoms with Crippen LogP contribution in [0, 0.1) is 0 Å². The SMILES string of the molecule is CN(C)C(=O)c1ccc2c(c1)N(Cc1ccccc1)C(=O)[C@H](NC(N)=O)C2. The molecule has 1 aliphatic rings. The summed E-state index contributed by atoms with van der Waals surface area (Å²) in [7, 11) is 3.36. The maximum atomic E-state index is 13.0. The third kappa shape index (κ3) is 3.92. The van der Waals surface area contributed by atoms with E-state index in [1.165, 1.54) is 4.90 Å². The standard InChI is InChI=1S/C20H22N4O3/c1-23(2)18(25)15-9-8-14-10-16(22-20(21)27)19(26)24(17(14)11-15)12-13-6-4-3-5-7-13/h3-9,11,16H,10,12H2,1-2H3,(H3,21,22,27)/t16-/m1/s1. The third-order valence-electron chi connectivity index (χ3n) is 4.52. The maximum Gasteiger partial charge on any atom is 0.312 e. The van der Waals surface area contributed by atoms with E-state index >= 15 is 0 Å². The Balaban J connectivity index is 2.02. The Morgan fingerprint density at radius 1 is 1.19 bits per heavy atom. The molecule has 0 spiro atoms. The second-order valence-electron chi connectivity index (χ2n) is 6.72. The lowest BCUT2D eigenvalue weighted by Gasteiger charge is -2.34. The monoisotopic (exact) mass is 366 g/mol. The normalized spacial score (nSPS) is 15.9. The molecule has 0 saturated carbocycles. The van der Waals surface area contributed by atoms with Gasteiger partial charge in [-0.1, -0.05) is 36.4 Å². The number of rotatable bonds is 4. The number of hydrogen-bond donors (Lipinski definition) is 2. The van der Waals surface area contributed by atoms with Crippen LogP contribution in [0.3, 0.4) is 0 Å². The molecule has 3 rings (SSSR count). The van der Waals surface area contributed by atoms with Gasteiger partial charge in [-0.25, -0.2) is 4.79 Å². The van der Waals surface area contributed by atoms with Gasteiger partial charge in [-0.15, -0.1) is 0 Å². The Bertz CT molecular complexity index is 880. The first-order valence-corrected chi connectivity index (χ1v) is 8.62. The molecule has 1 atom stereocenters. The molecule has 0 unspecified atom stereocenters. The molecule has 0 saturated heterocycles. The van der Waals surface area contributed by atoms with E-state index in [0.717, 1.165) is 11.1 Å². The van der Waals surface area contributed by atoms with Crippen LogP contribution in [0.2, 0.25) is 0 Å². The van der Waals surface area contributed by atoms with Crippen molar-refractivity contribution in [3.05, 3.63) is 65.2 Å². The summed E-state index contributed by atoms with van der Waals surface area (Å²) in [5.74, 6) is -0.387. The molecule has 7 heteroatoms. The Labute approximate surface area is 157 Å². The summed E-state index contributed by atoms with van der Waals surface area (Å²) in [4.78, 5) is 39.7. The third-order valence-corrected chi connectivity index (χ3v) is 4.52. The number of carbonyl (C=O) groups is 3. The highest BCUT2D eigenvalue weighted by molar-refractivity contribution is 6.03. The van der Waals surface area contributed by atoms with Crippen molar-refractivity contribution in [1.29, 1.82) is 0 Å². The van der Waals surface area contributed by atoms with Crippen molar-refractivity contribution in [1.82, 2.24) is 10.2 Å². The van der Waals surface area contributed by atoms with Gasteiger partial charge in [0.1, 0.15) is 6.04 Å². The van der Waals surface area contributed by atoms with E-state index < -0.39 is 12.1 Å². The van der Waals surface area contributed by atoms with Crippen LogP contribution in [0.25, 0.3) is 0 Å². The van der Waals surface area contributed by atoms with Crippen LogP contribution in [0.4, 0.5) is 10.5 Å². The zero-order valence-corrected chi connectivity index (χ0v) is 15.3. The van der Waals surface area contributed by atoms with Crippen molar-refractivity contribution in [2.75, 3.05) is 19.0 Å². The fourth-order valence-corrected chi connectivity index (χ4v) is 3.21. The van der Waals surface area contributed by atoms with E-state index in [1.807, 2.05) is 36.4 Å². The second-order valence-corrected chi connectivity index (χ2v) is 6.72. The summed E-state index contributed by atoms with van der Waals surface area (Å²) < 4.78 is 0. The van der Waals surface area contributed by atoms with Crippen molar-refractivity contribution in [2.45, 2.75) is 19.0 Å². The predicted octanol–water partition coefficient (Wildman–Crippen LogP) is 1.51. The van der Waals surface area contributed by atoms with E-state index in [1.54, 1.807) is 31.1 Å². The quantitative estimate of drug-likeness (QED) is 0.859. The lowest BCUT2D eigenvalue weighted by molar-refractivity contribution is -0.120. The number of nitrogens with one attached hydrogen (secondary N) is 1. The average molecular weight is 366 g/mol. The van der Waals surface area contributed by atoms with Crippen LogP contribution in [0.5, 0.6) is 0 Å². The number of fused-ring (bicyclic) bond motifs is 1. The number of nitrogens with two attached hydrogens (primary N) is 1. The maximum absolute atomic E-state index is 13.0. The molecule has 2 aromatic rings. The highest BCUT2D eigenvalue weighted by Crippen LogP contribution is 2.31. The molecule has 0 radical (unpaired) electrons. The topological polar surface area (TPSA) is 95.7 Å². The zero-order valence-electron chi connectivity index (χ0n) is 15.3. The van der Waals surface area contributed by atoms with Gasteiger partial charge in [-0.05, 0) is 23.3 Å². The van der Waals surface area contributed by atoms with Crippen LogP contribution in [-0.4, -0.2) is 42.9 Å². The Morgan fingerprint density at radius 3 is 2.52 bits per heavy atom. The van der Waals surface area contributed by atoms with Crippen molar-refractivity contribution >= 4 is 23.5 Å². The number of urea groups is 1. The Morgan fingerprint density at radius 2 is 1.89 bits per heavy atom. The molecule has 140 valence electrons. The summed E-state index contributed by atoms with van der Waals surface area (Å²) in [5, 5.41) is 2.52. The lowest BCUT2D eigenvalue weighted by atomic mass is 9.94. The number of hydrogen-bond acceptors (Lipinski definition) is 3. The molecule has 0 bridgehead atoms. The van der Waals surface area contributed by atoms with Crippen LogP contribution in [-0.2, 0) is 17.8 Å². The first-order valence-electron chi connectivity index (χ1n) is 8.62. The molecule has 0 aliphatic carbocycles. The summed E-state index contributed by atoms with van der Waals surface area (Å²) in [6.45, 7) is 0.337. The van der Waals surface area contributed by atoms with E-state index in [0.29, 0.717) is 24.2 Å². The minimum absolute atomic E-state index is 0.137. The van der Waals surface area contributed by atoms with Gasteiger partial charge in [0.05, 0.1) is 6.54 Å².